The van der Waals surface area contributed by atoms with Gasteiger partial charge in [-0.25, -0.2) is 4.39 Å². The van der Waals surface area contributed by atoms with Crippen molar-refractivity contribution in [2.75, 3.05) is 5.32 Å². The quantitative estimate of drug-likeness (QED) is 0.905. The van der Waals surface area contributed by atoms with Crippen LogP contribution < -0.4 is 5.32 Å². The number of para-hydroxylation sites is 1. The molecule has 1 aromatic carbocycles. The molecule has 0 bridgehead atoms. The maximum absolute atomic E-state index is 14.5. The number of anilines is 1. The monoisotopic (exact) mass is 298 g/mol. The van der Waals surface area contributed by atoms with Crippen LogP contribution in [0.15, 0.2) is 43.1 Å². The summed E-state index contributed by atoms with van der Waals surface area (Å²) in [7, 11) is 0. The van der Waals surface area contributed by atoms with Crippen LogP contribution in [0.3, 0.4) is 0 Å². The first-order valence-electron chi connectivity index (χ1n) is 7.02. The molecule has 0 aliphatic heterocycles. The third-order valence-electron chi connectivity index (χ3n) is 3.26. The van der Waals surface area contributed by atoms with Gasteiger partial charge in [0.05, 0.1) is 5.69 Å². The molecule has 2 aromatic rings. The van der Waals surface area contributed by atoms with Gasteiger partial charge >= 0.3 is 0 Å². The number of hydrogen-bond donors (Lipinski definition) is 1. The normalized spacial score (nSPS) is 11.1. The first kappa shape index (κ1) is 15.9. The third kappa shape index (κ3) is 3.22. The van der Waals surface area contributed by atoms with Crippen LogP contribution >= 0.6 is 0 Å². The van der Waals surface area contributed by atoms with Crippen LogP contribution in [0.5, 0.6) is 0 Å². The summed E-state index contributed by atoms with van der Waals surface area (Å²) in [5.41, 5.74) is 1.23. The lowest BCUT2D eigenvalue weighted by atomic mass is 9.95. The van der Waals surface area contributed by atoms with Crippen LogP contribution in [0, 0.1) is 11.2 Å². The fourth-order valence-electron chi connectivity index (χ4n) is 1.95. The Morgan fingerprint density at radius 2 is 1.91 bits per heavy atom. The van der Waals surface area contributed by atoms with Gasteiger partial charge in [0.2, 0.25) is 5.91 Å². The van der Waals surface area contributed by atoms with E-state index in [4.69, 9.17) is 0 Å². The molecule has 0 saturated heterocycles. The van der Waals surface area contributed by atoms with E-state index in [1.165, 1.54) is 12.3 Å². The minimum absolute atomic E-state index is 0.127. The van der Waals surface area contributed by atoms with E-state index in [0.717, 1.165) is 0 Å². The second-order valence-corrected chi connectivity index (χ2v) is 6.01. The van der Waals surface area contributed by atoms with Crippen LogP contribution in [0.2, 0.25) is 0 Å². The van der Waals surface area contributed by atoms with Gasteiger partial charge in [-0.2, -0.15) is 0 Å². The number of amides is 1. The van der Waals surface area contributed by atoms with Crippen molar-refractivity contribution in [2.24, 2.45) is 5.41 Å². The lowest BCUT2D eigenvalue weighted by Crippen LogP contribution is -2.27. The van der Waals surface area contributed by atoms with Crippen molar-refractivity contribution >= 4 is 17.7 Å². The summed E-state index contributed by atoms with van der Waals surface area (Å²) in [4.78, 5) is 16.1. The van der Waals surface area contributed by atoms with Crippen LogP contribution in [0.1, 0.15) is 26.5 Å². The number of pyridine rings is 1. The molecule has 1 N–H and O–H groups in total. The number of halogens is 1. The Morgan fingerprint density at radius 3 is 2.55 bits per heavy atom. The van der Waals surface area contributed by atoms with Crippen molar-refractivity contribution in [2.45, 2.75) is 20.8 Å². The van der Waals surface area contributed by atoms with E-state index < -0.39 is 11.2 Å². The summed E-state index contributed by atoms with van der Waals surface area (Å²) in [5.74, 6) is -0.576. The largest absolute Gasteiger partial charge is 0.325 e. The van der Waals surface area contributed by atoms with Gasteiger partial charge in [0.25, 0.3) is 0 Å². The summed E-state index contributed by atoms with van der Waals surface area (Å²) in [6, 6.07) is 8.71. The van der Waals surface area contributed by atoms with Gasteiger partial charge in [-0.05, 0) is 18.2 Å². The molecule has 0 radical (unpaired) electrons. The van der Waals surface area contributed by atoms with Crippen molar-refractivity contribution in [3.05, 3.63) is 54.6 Å². The Balaban J connectivity index is 2.50. The number of carbonyl (C=O) groups excluding carboxylic acids is 1. The lowest BCUT2D eigenvalue weighted by Gasteiger charge is -2.19. The highest BCUT2D eigenvalue weighted by Gasteiger charge is 2.22. The first-order chi connectivity index (χ1) is 10.3. The van der Waals surface area contributed by atoms with Gasteiger partial charge in [-0.1, -0.05) is 45.5 Å². The van der Waals surface area contributed by atoms with E-state index in [9.17, 15) is 9.18 Å². The molecular formula is C18H19FN2O. The number of aromatic nitrogens is 1. The van der Waals surface area contributed by atoms with Crippen molar-refractivity contribution in [1.82, 2.24) is 4.98 Å². The zero-order valence-corrected chi connectivity index (χ0v) is 13.0. The van der Waals surface area contributed by atoms with E-state index in [1.54, 1.807) is 30.3 Å². The maximum atomic E-state index is 14.5. The molecule has 114 valence electrons. The van der Waals surface area contributed by atoms with Gasteiger partial charge in [0, 0.05) is 28.4 Å². The van der Waals surface area contributed by atoms with Crippen molar-refractivity contribution in [3.63, 3.8) is 0 Å². The Hall–Kier alpha value is -2.49. The van der Waals surface area contributed by atoms with Gasteiger partial charge < -0.3 is 5.32 Å². The Labute approximate surface area is 129 Å². The van der Waals surface area contributed by atoms with E-state index in [-0.39, 0.29) is 11.6 Å². The van der Waals surface area contributed by atoms with E-state index >= 15 is 0 Å². The highest BCUT2D eigenvalue weighted by molar-refractivity contribution is 5.98. The SMILES string of the molecule is C=Cc1nccc(-c2ccccc2NC(=O)C(C)(C)C)c1F. The van der Waals surface area contributed by atoms with Crippen LogP contribution in [-0.4, -0.2) is 10.9 Å². The maximum Gasteiger partial charge on any atom is 0.229 e. The predicted octanol–water partition coefficient (Wildman–Crippen LogP) is 4.52. The van der Waals surface area contributed by atoms with Gasteiger partial charge in [-0.3, -0.25) is 9.78 Å². The summed E-state index contributed by atoms with van der Waals surface area (Å²) in [5, 5.41) is 2.86. The van der Waals surface area contributed by atoms with Gasteiger partial charge in [-0.15, -0.1) is 0 Å². The molecule has 22 heavy (non-hydrogen) atoms. The van der Waals surface area contributed by atoms with E-state index in [0.29, 0.717) is 16.8 Å². The van der Waals surface area contributed by atoms with E-state index in [2.05, 4.69) is 16.9 Å². The Bertz CT molecular complexity index is 717. The molecule has 0 unspecified atom stereocenters. The summed E-state index contributed by atoms with van der Waals surface area (Å²) >= 11 is 0. The van der Waals surface area contributed by atoms with Crippen LogP contribution in [0.4, 0.5) is 10.1 Å². The molecule has 0 aliphatic rings. The topological polar surface area (TPSA) is 42.0 Å². The number of benzene rings is 1. The highest BCUT2D eigenvalue weighted by atomic mass is 19.1. The highest BCUT2D eigenvalue weighted by Crippen LogP contribution is 2.31. The fourth-order valence-corrected chi connectivity index (χ4v) is 1.95. The minimum atomic E-state index is -0.532. The van der Waals surface area contributed by atoms with Crippen molar-refractivity contribution in [3.8, 4) is 11.1 Å². The average molecular weight is 298 g/mol. The molecule has 1 amide bonds. The van der Waals surface area contributed by atoms with Crippen LogP contribution in [-0.2, 0) is 4.79 Å². The number of rotatable bonds is 3. The predicted molar refractivity (Wildman–Crippen MR) is 87.8 cm³/mol. The molecular weight excluding hydrogens is 279 g/mol. The molecule has 0 saturated carbocycles. The minimum Gasteiger partial charge on any atom is -0.325 e. The molecule has 4 heteroatoms. The number of nitrogens with one attached hydrogen (secondary N) is 1. The Morgan fingerprint density at radius 1 is 1.23 bits per heavy atom. The third-order valence-corrected chi connectivity index (χ3v) is 3.26. The van der Waals surface area contributed by atoms with Gasteiger partial charge in [0.15, 0.2) is 5.82 Å². The molecule has 1 heterocycles. The Kier molecular flexibility index (Phi) is 4.40. The van der Waals surface area contributed by atoms with Crippen molar-refractivity contribution in [1.29, 1.82) is 0 Å². The molecule has 3 nitrogen and oxygen atoms in total. The van der Waals surface area contributed by atoms with Crippen molar-refractivity contribution < 1.29 is 9.18 Å². The lowest BCUT2D eigenvalue weighted by molar-refractivity contribution is -0.123. The molecule has 0 fully saturated rings. The fraction of sp³-hybridized carbons (Fsp3) is 0.222. The molecule has 0 atom stereocenters. The second-order valence-electron chi connectivity index (χ2n) is 6.01. The second kappa shape index (κ2) is 6.10. The summed E-state index contributed by atoms with van der Waals surface area (Å²) in [6.45, 7) is 9.04. The number of nitrogens with zero attached hydrogens (tertiary/aromatic N) is 1. The first-order valence-corrected chi connectivity index (χ1v) is 7.02. The smallest absolute Gasteiger partial charge is 0.229 e. The average Bonchev–Trinajstić information content (AvgIpc) is 2.47. The number of carbonyl (C=O) groups is 1. The standard InChI is InChI=1S/C18H19FN2O/c1-5-14-16(19)13(10-11-20-14)12-8-6-7-9-15(12)21-17(22)18(2,3)4/h5-11H,1H2,2-4H3,(H,21,22). The number of hydrogen-bond acceptors (Lipinski definition) is 2. The van der Waals surface area contributed by atoms with Crippen LogP contribution in [0.25, 0.3) is 17.2 Å². The van der Waals surface area contributed by atoms with Gasteiger partial charge in [0.1, 0.15) is 0 Å². The molecule has 1 aromatic heterocycles. The summed E-state index contributed by atoms with van der Waals surface area (Å²) in [6.07, 6.45) is 2.90. The summed E-state index contributed by atoms with van der Waals surface area (Å²) < 4.78 is 14.5. The van der Waals surface area contributed by atoms with E-state index in [1.807, 2.05) is 20.8 Å². The zero-order chi connectivity index (χ0) is 16.3. The zero-order valence-electron chi connectivity index (χ0n) is 13.0. The molecule has 0 aliphatic carbocycles. The molecule has 2 rings (SSSR count). The molecule has 0 spiro atoms.